The lowest BCUT2D eigenvalue weighted by Crippen LogP contribution is -2.87. The molecule has 0 spiro atoms. The third kappa shape index (κ3) is 6.28. The number of thiophene rings is 1. The van der Waals surface area contributed by atoms with Gasteiger partial charge in [-0.1, -0.05) is 56.3 Å². The molecule has 0 saturated heterocycles. The van der Waals surface area contributed by atoms with E-state index in [1.807, 2.05) is 24.3 Å². The summed E-state index contributed by atoms with van der Waals surface area (Å²) in [5.41, 5.74) is 4.25. The van der Waals surface area contributed by atoms with Crippen LogP contribution in [0, 0.1) is 17.2 Å². The minimum Gasteiger partial charge on any atom is -0.328 e. The standard InChI is InChI=1S/C25H27N3OS/c1-18(2)16-20-5-9-21(10-6-20)25(23-4-3-15-30-23)27-17-24(29)28-22-11-7-19(8-12-22)13-14-26/h3-12,15,18,25,27H,13,16-17H2,1-2H3,(H,28,29)/p+1/t25-/m1/s1. The van der Waals surface area contributed by atoms with Gasteiger partial charge in [0.25, 0.3) is 5.91 Å². The second-order valence-corrected chi connectivity index (χ2v) is 8.83. The van der Waals surface area contributed by atoms with Gasteiger partial charge in [0.15, 0.2) is 6.54 Å². The Bertz CT molecular complexity index is 971. The lowest BCUT2D eigenvalue weighted by molar-refractivity contribution is -0.675. The molecule has 154 valence electrons. The highest BCUT2D eigenvalue weighted by molar-refractivity contribution is 7.10. The highest BCUT2D eigenvalue weighted by Gasteiger charge is 2.20. The Hall–Kier alpha value is -2.94. The van der Waals surface area contributed by atoms with Crippen molar-refractivity contribution < 1.29 is 10.1 Å². The highest BCUT2D eigenvalue weighted by Crippen LogP contribution is 2.23. The van der Waals surface area contributed by atoms with Gasteiger partial charge in [0, 0.05) is 11.3 Å². The monoisotopic (exact) mass is 418 g/mol. The zero-order chi connectivity index (χ0) is 21.3. The van der Waals surface area contributed by atoms with Crippen LogP contribution in [0.2, 0.25) is 0 Å². The number of carbonyl (C=O) groups is 1. The summed E-state index contributed by atoms with van der Waals surface area (Å²) in [5, 5.41) is 15.9. The van der Waals surface area contributed by atoms with Crippen LogP contribution in [0.1, 0.15) is 41.5 Å². The molecule has 0 fully saturated rings. The van der Waals surface area contributed by atoms with Crippen molar-refractivity contribution in [2.24, 2.45) is 5.92 Å². The van der Waals surface area contributed by atoms with Crippen LogP contribution in [0.25, 0.3) is 0 Å². The molecule has 4 nitrogen and oxygen atoms in total. The summed E-state index contributed by atoms with van der Waals surface area (Å²) in [4.78, 5) is 13.7. The fourth-order valence-corrected chi connectivity index (χ4v) is 4.30. The molecular weight excluding hydrogens is 390 g/mol. The van der Waals surface area contributed by atoms with Gasteiger partial charge in [0.2, 0.25) is 0 Å². The second kappa shape index (κ2) is 10.7. The molecule has 0 aliphatic rings. The lowest BCUT2D eigenvalue weighted by Gasteiger charge is -2.16. The van der Waals surface area contributed by atoms with Crippen molar-refractivity contribution >= 4 is 22.9 Å². The fraction of sp³-hybridized carbons (Fsp3) is 0.280. The zero-order valence-electron chi connectivity index (χ0n) is 17.5. The molecule has 1 heterocycles. The van der Waals surface area contributed by atoms with Crippen molar-refractivity contribution in [2.45, 2.75) is 32.7 Å². The Kier molecular flexibility index (Phi) is 7.78. The van der Waals surface area contributed by atoms with Crippen molar-refractivity contribution in [3.63, 3.8) is 0 Å². The van der Waals surface area contributed by atoms with E-state index in [0.717, 1.165) is 17.7 Å². The Morgan fingerprint density at radius 3 is 2.37 bits per heavy atom. The number of rotatable bonds is 9. The largest absolute Gasteiger partial charge is 0.328 e. The summed E-state index contributed by atoms with van der Waals surface area (Å²) in [6.07, 6.45) is 1.45. The number of carbonyl (C=O) groups excluding carboxylic acids is 1. The molecule has 0 radical (unpaired) electrons. The number of nitrogens with two attached hydrogens (primary N) is 1. The van der Waals surface area contributed by atoms with E-state index in [0.29, 0.717) is 18.9 Å². The van der Waals surface area contributed by atoms with Crippen LogP contribution in [0.3, 0.4) is 0 Å². The average Bonchev–Trinajstić information content (AvgIpc) is 3.25. The molecule has 0 aliphatic carbocycles. The number of anilines is 1. The van der Waals surface area contributed by atoms with Gasteiger partial charge in [-0.2, -0.15) is 5.26 Å². The molecule has 5 heteroatoms. The zero-order valence-corrected chi connectivity index (χ0v) is 18.3. The number of hydrogen-bond donors (Lipinski definition) is 2. The van der Waals surface area contributed by atoms with Gasteiger partial charge >= 0.3 is 0 Å². The number of quaternary nitrogens is 1. The summed E-state index contributed by atoms with van der Waals surface area (Å²) in [7, 11) is 0. The van der Waals surface area contributed by atoms with E-state index in [1.54, 1.807) is 11.3 Å². The van der Waals surface area contributed by atoms with Crippen LogP contribution in [-0.4, -0.2) is 12.5 Å². The summed E-state index contributed by atoms with van der Waals surface area (Å²) >= 11 is 1.71. The fourth-order valence-electron chi connectivity index (χ4n) is 3.45. The van der Waals surface area contributed by atoms with Gasteiger partial charge in [0.05, 0.1) is 17.4 Å². The Morgan fingerprint density at radius 2 is 1.77 bits per heavy atom. The van der Waals surface area contributed by atoms with Crippen molar-refractivity contribution in [2.75, 3.05) is 11.9 Å². The maximum absolute atomic E-state index is 12.5. The van der Waals surface area contributed by atoms with E-state index < -0.39 is 0 Å². The molecule has 0 unspecified atom stereocenters. The van der Waals surface area contributed by atoms with Crippen molar-refractivity contribution in [3.05, 3.63) is 87.6 Å². The lowest BCUT2D eigenvalue weighted by atomic mass is 9.99. The Labute approximate surface area is 182 Å². The Balaban J connectivity index is 1.64. The Morgan fingerprint density at radius 1 is 1.07 bits per heavy atom. The third-order valence-electron chi connectivity index (χ3n) is 4.89. The average molecular weight is 419 g/mol. The first kappa shape index (κ1) is 21.8. The molecule has 1 atom stereocenters. The van der Waals surface area contributed by atoms with Gasteiger partial charge in [-0.25, -0.2) is 0 Å². The second-order valence-electron chi connectivity index (χ2n) is 7.85. The minimum absolute atomic E-state index is 0.0407. The predicted molar refractivity (Wildman–Crippen MR) is 122 cm³/mol. The molecule has 3 aromatic rings. The first-order valence-electron chi connectivity index (χ1n) is 10.3. The molecule has 1 amide bonds. The first-order valence-corrected chi connectivity index (χ1v) is 11.1. The van der Waals surface area contributed by atoms with Gasteiger partial charge < -0.3 is 10.6 Å². The minimum atomic E-state index is -0.0407. The quantitative estimate of drug-likeness (QED) is 0.544. The SMILES string of the molecule is CC(C)Cc1ccc([C@@H]([NH2+]CC(=O)Nc2ccc(CC#N)cc2)c2cccs2)cc1. The van der Waals surface area contributed by atoms with Crippen LogP contribution in [0.5, 0.6) is 0 Å². The molecule has 2 aromatic carbocycles. The number of amides is 1. The summed E-state index contributed by atoms with van der Waals surface area (Å²) in [6.45, 7) is 4.79. The van der Waals surface area contributed by atoms with Gasteiger partial charge in [-0.3, -0.25) is 4.79 Å². The van der Waals surface area contributed by atoms with Crippen LogP contribution in [0.15, 0.2) is 66.0 Å². The van der Waals surface area contributed by atoms with Crippen molar-refractivity contribution in [3.8, 4) is 6.07 Å². The van der Waals surface area contributed by atoms with Crippen molar-refractivity contribution in [1.82, 2.24) is 0 Å². The predicted octanol–water partition coefficient (Wildman–Crippen LogP) is 4.30. The van der Waals surface area contributed by atoms with Gasteiger partial charge in [-0.05, 0) is 47.0 Å². The molecule has 1 aromatic heterocycles. The molecular formula is C25H28N3OS+. The van der Waals surface area contributed by atoms with Crippen LogP contribution >= 0.6 is 11.3 Å². The van der Waals surface area contributed by atoms with E-state index >= 15 is 0 Å². The topological polar surface area (TPSA) is 69.5 Å². The smallest absolute Gasteiger partial charge is 0.279 e. The highest BCUT2D eigenvalue weighted by atomic mass is 32.1. The first-order chi connectivity index (χ1) is 14.5. The van der Waals surface area contributed by atoms with E-state index in [9.17, 15) is 4.79 Å². The maximum Gasteiger partial charge on any atom is 0.279 e. The van der Waals surface area contributed by atoms with Gasteiger partial charge in [0.1, 0.15) is 6.04 Å². The van der Waals surface area contributed by atoms with Gasteiger partial charge in [-0.15, -0.1) is 11.3 Å². The number of benzene rings is 2. The molecule has 3 rings (SSSR count). The maximum atomic E-state index is 12.5. The summed E-state index contributed by atoms with van der Waals surface area (Å²) in [6, 6.07) is 22.6. The molecule has 0 bridgehead atoms. The normalized spacial score (nSPS) is 11.8. The molecule has 0 aliphatic heterocycles. The van der Waals surface area contributed by atoms with E-state index in [2.05, 4.69) is 72.3 Å². The van der Waals surface area contributed by atoms with Crippen LogP contribution in [0.4, 0.5) is 5.69 Å². The number of hydrogen-bond acceptors (Lipinski definition) is 3. The van der Waals surface area contributed by atoms with E-state index in [4.69, 9.17) is 5.26 Å². The summed E-state index contributed by atoms with van der Waals surface area (Å²) in [5.74, 6) is 0.592. The van der Waals surface area contributed by atoms with Crippen LogP contribution in [-0.2, 0) is 17.6 Å². The third-order valence-corrected chi connectivity index (χ3v) is 5.85. The molecule has 0 saturated carbocycles. The van der Waals surface area contributed by atoms with E-state index in [1.165, 1.54) is 16.0 Å². The number of nitrogens with zero attached hydrogens (tertiary/aromatic N) is 1. The van der Waals surface area contributed by atoms with Crippen molar-refractivity contribution in [1.29, 1.82) is 5.26 Å². The number of nitriles is 1. The van der Waals surface area contributed by atoms with E-state index in [-0.39, 0.29) is 11.9 Å². The molecule has 3 N–H and O–H groups in total. The van der Waals surface area contributed by atoms with Crippen LogP contribution < -0.4 is 10.6 Å². The molecule has 30 heavy (non-hydrogen) atoms. The summed E-state index contributed by atoms with van der Waals surface area (Å²) < 4.78 is 0. The number of nitrogens with one attached hydrogen (secondary N) is 1.